The van der Waals surface area contributed by atoms with Crippen molar-refractivity contribution in [1.82, 2.24) is 4.57 Å². The van der Waals surface area contributed by atoms with Gasteiger partial charge < -0.3 is 0 Å². The number of aryl methyl sites for hydroxylation is 3. The van der Waals surface area contributed by atoms with Gasteiger partial charge in [0.05, 0.1) is 13.1 Å². The van der Waals surface area contributed by atoms with Crippen LogP contribution in [0, 0.1) is 0 Å². The molecule has 0 radical (unpaired) electrons. The van der Waals surface area contributed by atoms with Crippen molar-refractivity contribution in [2.75, 3.05) is 0 Å². The molecule has 2 nitrogen and oxygen atoms in total. The van der Waals surface area contributed by atoms with Gasteiger partial charge in [0.1, 0.15) is 12.4 Å². The summed E-state index contributed by atoms with van der Waals surface area (Å²) in [5.41, 5.74) is 1.47. The summed E-state index contributed by atoms with van der Waals surface area (Å²) in [5.74, 6) is 1.57. The number of rotatable bonds is 29. The molecule has 0 saturated heterocycles. The molecule has 1 aromatic heterocycles. The van der Waals surface area contributed by atoms with Gasteiger partial charge >= 0.3 is 0 Å². The van der Waals surface area contributed by atoms with Crippen molar-refractivity contribution in [3.63, 3.8) is 0 Å². The first kappa shape index (κ1) is 35.6. The summed E-state index contributed by atoms with van der Waals surface area (Å²) in [6.45, 7) is 6.97. The average Bonchev–Trinajstić information content (AvgIpc) is 3.38. The van der Waals surface area contributed by atoms with Crippen molar-refractivity contribution >= 4 is 0 Å². The fourth-order valence-electron chi connectivity index (χ4n) is 6.36. The first-order valence-corrected chi connectivity index (χ1v) is 18.5. The molecule has 0 fully saturated rings. The van der Waals surface area contributed by atoms with E-state index in [9.17, 15) is 0 Å². The Balaban J connectivity index is 1.56. The monoisotopic (exact) mass is 566 g/mol. The summed E-state index contributed by atoms with van der Waals surface area (Å²) in [5, 5.41) is 0. The predicted octanol–water partition coefficient (Wildman–Crippen LogP) is 12.0. The normalized spacial score (nSPS) is 11.5. The maximum atomic E-state index is 2.60. The SMILES string of the molecule is CCCCCCCCCCCCCCCCCCCn1cc[n+](CCCc2ccccc2)c1CCCCCCCC. The minimum Gasteiger partial charge on any atom is -0.234 e. The quantitative estimate of drug-likeness (QED) is 0.0685. The summed E-state index contributed by atoms with van der Waals surface area (Å²) in [7, 11) is 0. The van der Waals surface area contributed by atoms with Crippen molar-refractivity contribution in [1.29, 1.82) is 0 Å². The molecule has 0 spiro atoms. The van der Waals surface area contributed by atoms with Crippen molar-refractivity contribution in [2.45, 2.75) is 194 Å². The Morgan fingerprint density at radius 1 is 0.488 bits per heavy atom. The maximum Gasteiger partial charge on any atom is 0.256 e. The third kappa shape index (κ3) is 18.6. The van der Waals surface area contributed by atoms with Crippen LogP contribution < -0.4 is 4.57 Å². The lowest BCUT2D eigenvalue weighted by molar-refractivity contribution is -0.704. The predicted molar refractivity (Wildman–Crippen MR) is 181 cm³/mol. The summed E-state index contributed by atoms with van der Waals surface area (Å²) >= 11 is 0. The molecule has 0 aliphatic carbocycles. The summed E-state index contributed by atoms with van der Waals surface area (Å²) < 4.78 is 5.17. The van der Waals surface area contributed by atoms with E-state index >= 15 is 0 Å². The van der Waals surface area contributed by atoms with Gasteiger partial charge in [0.25, 0.3) is 5.82 Å². The highest BCUT2D eigenvalue weighted by atomic mass is 15.1. The Bertz CT molecular complexity index is 808. The van der Waals surface area contributed by atoms with Gasteiger partial charge in [-0.25, -0.2) is 9.13 Å². The van der Waals surface area contributed by atoms with Crippen LogP contribution in [0.25, 0.3) is 0 Å². The van der Waals surface area contributed by atoms with E-state index in [2.05, 4.69) is 65.7 Å². The molecule has 0 saturated carbocycles. The highest BCUT2D eigenvalue weighted by molar-refractivity contribution is 5.14. The van der Waals surface area contributed by atoms with E-state index in [0.29, 0.717) is 0 Å². The van der Waals surface area contributed by atoms with E-state index in [0.717, 1.165) is 6.54 Å². The van der Waals surface area contributed by atoms with Crippen LogP contribution in [0.4, 0.5) is 0 Å². The molecule has 0 unspecified atom stereocenters. The van der Waals surface area contributed by atoms with Crippen LogP contribution in [0.15, 0.2) is 42.7 Å². The first-order chi connectivity index (χ1) is 20.3. The number of aromatic nitrogens is 2. The summed E-state index contributed by atoms with van der Waals surface area (Å²) in [6.07, 6.45) is 41.2. The Hall–Kier alpha value is -1.57. The molecule has 0 amide bonds. The zero-order valence-electron chi connectivity index (χ0n) is 27.7. The zero-order valence-corrected chi connectivity index (χ0v) is 27.7. The lowest BCUT2D eigenvalue weighted by Crippen LogP contribution is -2.37. The summed E-state index contributed by atoms with van der Waals surface area (Å²) in [4.78, 5) is 0. The van der Waals surface area contributed by atoms with Gasteiger partial charge in [-0.05, 0) is 37.7 Å². The highest BCUT2D eigenvalue weighted by Crippen LogP contribution is 2.15. The van der Waals surface area contributed by atoms with Crippen LogP contribution in [0.2, 0.25) is 0 Å². The molecule has 2 heteroatoms. The highest BCUT2D eigenvalue weighted by Gasteiger charge is 2.16. The number of imidazole rings is 1. The molecule has 1 heterocycles. The van der Waals surface area contributed by atoms with E-state index < -0.39 is 0 Å². The minimum atomic E-state index is 1.14. The molecular formula is C39H69N2+. The number of hydrogen-bond donors (Lipinski definition) is 0. The van der Waals surface area contributed by atoms with Gasteiger partial charge in [0.2, 0.25) is 0 Å². The second kappa shape index (κ2) is 26.1. The van der Waals surface area contributed by atoms with Gasteiger partial charge in [-0.3, -0.25) is 0 Å². The molecule has 0 bridgehead atoms. The standard InChI is InChI=1S/C39H69N2/c1-3-5-7-9-11-12-13-14-15-16-17-18-19-20-21-23-28-34-40-36-37-41(35-29-32-38-30-25-24-26-31-38)39(40)33-27-22-10-8-6-4-2/h24-26,30-31,36-37H,3-23,27-29,32-35H2,1-2H3/q+1. The van der Waals surface area contributed by atoms with Gasteiger partial charge in [-0.2, -0.15) is 0 Å². The molecule has 234 valence electrons. The second-order valence-corrected chi connectivity index (χ2v) is 12.9. The van der Waals surface area contributed by atoms with Crippen molar-refractivity contribution < 1.29 is 4.57 Å². The van der Waals surface area contributed by atoms with Crippen LogP contribution in [0.5, 0.6) is 0 Å². The van der Waals surface area contributed by atoms with Crippen LogP contribution in [0.1, 0.15) is 179 Å². The number of unbranched alkanes of at least 4 members (excludes halogenated alkanes) is 21. The van der Waals surface area contributed by atoms with Gasteiger partial charge in [-0.15, -0.1) is 0 Å². The zero-order chi connectivity index (χ0) is 29.1. The van der Waals surface area contributed by atoms with Crippen molar-refractivity contribution in [3.05, 3.63) is 54.1 Å². The maximum absolute atomic E-state index is 2.60. The Labute approximate surface area is 256 Å². The molecule has 0 aliphatic rings. The van der Waals surface area contributed by atoms with E-state index in [1.165, 1.54) is 179 Å². The Kier molecular flexibility index (Phi) is 22.7. The average molecular weight is 566 g/mol. The number of nitrogens with zero attached hydrogens (tertiary/aromatic N) is 2. The minimum absolute atomic E-state index is 1.14. The largest absolute Gasteiger partial charge is 0.256 e. The number of hydrogen-bond acceptors (Lipinski definition) is 0. The molecule has 1 aromatic carbocycles. The van der Waals surface area contributed by atoms with Crippen molar-refractivity contribution in [2.24, 2.45) is 0 Å². The van der Waals surface area contributed by atoms with Crippen LogP contribution in [-0.4, -0.2) is 4.57 Å². The third-order valence-electron chi connectivity index (χ3n) is 9.05. The smallest absolute Gasteiger partial charge is 0.234 e. The van der Waals surface area contributed by atoms with Crippen molar-refractivity contribution in [3.8, 4) is 0 Å². The van der Waals surface area contributed by atoms with Gasteiger partial charge in [0.15, 0.2) is 0 Å². The van der Waals surface area contributed by atoms with Gasteiger partial charge in [-0.1, -0.05) is 173 Å². The molecule has 2 aromatic rings. The molecular weight excluding hydrogens is 496 g/mol. The van der Waals surface area contributed by atoms with Crippen LogP contribution in [-0.2, 0) is 25.9 Å². The fourth-order valence-corrected chi connectivity index (χ4v) is 6.36. The number of benzene rings is 1. The topological polar surface area (TPSA) is 8.81 Å². The van der Waals surface area contributed by atoms with Crippen LogP contribution >= 0.6 is 0 Å². The van der Waals surface area contributed by atoms with E-state index in [-0.39, 0.29) is 0 Å². The van der Waals surface area contributed by atoms with E-state index in [1.807, 2.05) is 0 Å². The Morgan fingerprint density at radius 2 is 0.951 bits per heavy atom. The lowest BCUT2D eigenvalue weighted by atomic mass is 10.0. The Morgan fingerprint density at radius 3 is 1.46 bits per heavy atom. The molecule has 41 heavy (non-hydrogen) atoms. The summed E-state index contributed by atoms with van der Waals surface area (Å²) in [6, 6.07) is 11.0. The van der Waals surface area contributed by atoms with E-state index in [4.69, 9.17) is 0 Å². The van der Waals surface area contributed by atoms with E-state index in [1.54, 1.807) is 5.82 Å². The van der Waals surface area contributed by atoms with Gasteiger partial charge in [0, 0.05) is 6.42 Å². The molecule has 0 aliphatic heterocycles. The molecule has 2 rings (SSSR count). The van der Waals surface area contributed by atoms with Crippen LogP contribution in [0.3, 0.4) is 0 Å². The first-order valence-electron chi connectivity index (χ1n) is 18.5. The molecule has 0 atom stereocenters. The third-order valence-corrected chi connectivity index (χ3v) is 9.05. The lowest BCUT2D eigenvalue weighted by Gasteiger charge is -2.07. The second-order valence-electron chi connectivity index (χ2n) is 12.9. The fraction of sp³-hybridized carbons (Fsp3) is 0.769. The molecule has 0 N–H and O–H groups in total.